The second-order valence-corrected chi connectivity index (χ2v) is 4.82. The highest BCUT2D eigenvalue weighted by molar-refractivity contribution is 6.31. The van der Waals surface area contributed by atoms with Gasteiger partial charge in [-0.2, -0.15) is 0 Å². The summed E-state index contributed by atoms with van der Waals surface area (Å²) in [5.41, 5.74) is 0.799. The Kier molecular flexibility index (Phi) is 4.70. The van der Waals surface area contributed by atoms with E-state index >= 15 is 0 Å². The number of nitrogens with one attached hydrogen (secondary N) is 1. The number of hydrogen-bond acceptors (Lipinski definition) is 4. The molecule has 110 valence electrons. The molecule has 7 heteroatoms. The Bertz CT molecular complexity index is 679. The molecule has 0 saturated carbocycles. The van der Waals surface area contributed by atoms with Gasteiger partial charge in [0.15, 0.2) is 0 Å². The summed E-state index contributed by atoms with van der Waals surface area (Å²) in [5.74, 6) is -0.142. The molecule has 0 radical (unpaired) electrons. The van der Waals surface area contributed by atoms with E-state index in [4.69, 9.17) is 11.6 Å². The molecule has 2 rings (SSSR count). The fourth-order valence-electron chi connectivity index (χ4n) is 1.77. The lowest BCUT2D eigenvalue weighted by atomic mass is 10.1. The van der Waals surface area contributed by atoms with Gasteiger partial charge in [0.05, 0.1) is 21.7 Å². The number of benzene rings is 1. The smallest absolute Gasteiger partial charge is 0.275 e. The summed E-state index contributed by atoms with van der Waals surface area (Å²) in [7, 11) is 0. The number of hydrogen-bond donors (Lipinski definition) is 1. The maximum atomic E-state index is 13.2. The van der Waals surface area contributed by atoms with Gasteiger partial charge in [0, 0.05) is 18.2 Å². The molecule has 0 bridgehead atoms. The number of nitro groups is 1. The van der Waals surface area contributed by atoms with Gasteiger partial charge >= 0.3 is 0 Å². The zero-order chi connectivity index (χ0) is 15.4. The molecule has 1 aromatic carbocycles. The van der Waals surface area contributed by atoms with Crippen LogP contribution < -0.4 is 5.32 Å². The van der Waals surface area contributed by atoms with Crippen molar-refractivity contribution >= 4 is 23.1 Å². The molecule has 0 atom stereocenters. The summed E-state index contributed by atoms with van der Waals surface area (Å²) >= 11 is 5.74. The van der Waals surface area contributed by atoms with Crippen LogP contribution in [-0.4, -0.2) is 16.5 Å². The molecule has 1 N–H and O–H groups in total. The third-order valence-electron chi connectivity index (χ3n) is 2.79. The molecule has 0 spiro atoms. The predicted octanol–water partition coefficient (Wildman–Crippen LogP) is 4.27. The van der Waals surface area contributed by atoms with Crippen molar-refractivity contribution in [3.63, 3.8) is 0 Å². The van der Waals surface area contributed by atoms with Crippen LogP contribution in [0.25, 0.3) is 11.3 Å². The lowest BCUT2D eigenvalue weighted by Crippen LogP contribution is -2.03. The largest absolute Gasteiger partial charge is 0.370 e. The van der Waals surface area contributed by atoms with Crippen LogP contribution in [0.15, 0.2) is 30.3 Å². The minimum absolute atomic E-state index is 0.0520. The number of aromatic nitrogens is 1. The van der Waals surface area contributed by atoms with E-state index in [1.165, 1.54) is 30.3 Å². The molecule has 0 amide bonds. The Balaban J connectivity index is 2.48. The highest BCUT2D eigenvalue weighted by atomic mass is 35.5. The second kappa shape index (κ2) is 6.49. The summed E-state index contributed by atoms with van der Waals surface area (Å²) in [6.45, 7) is 2.63. The Morgan fingerprint density at radius 3 is 2.76 bits per heavy atom. The van der Waals surface area contributed by atoms with Gasteiger partial charge < -0.3 is 5.32 Å². The summed E-state index contributed by atoms with van der Waals surface area (Å²) < 4.78 is 13.2. The molecule has 5 nitrogen and oxygen atoms in total. The topological polar surface area (TPSA) is 68.1 Å². The number of rotatable bonds is 5. The molecular formula is C14H13ClFN3O2. The summed E-state index contributed by atoms with van der Waals surface area (Å²) in [6.07, 6.45) is 0.863. The quantitative estimate of drug-likeness (QED) is 0.661. The minimum Gasteiger partial charge on any atom is -0.370 e. The number of halogens is 2. The van der Waals surface area contributed by atoms with Crippen molar-refractivity contribution in [3.05, 3.63) is 51.3 Å². The molecule has 1 aromatic heterocycles. The Morgan fingerprint density at radius 2 is 2.14 bits per heavy atom. The third kappa shape index (κ3) is 3.66. The molecule has 21 heavy (non-hydrogen) atoms. The van der Waals surface area contributed by atoms with Gasteiger partial charge in [-0.15, -0.1) is 0 Å². The molecule has 0 saturated heterocycles. The van der Waals surface area contributed by atoms with E-state index in [0.29, 0.717) is 23.6 Å². The van der Waals surface area contributed by atoms with Crippen LogP contribution >= 0.6 is 11.6 Å². The Morgan fingerprint density at radius 1 is 1.38 bits per heavy atom. The molecule has 2 aromatic rings. The van der Waals surface area contributed by atoms with Crippen molar-refractivity contribution in [2.75, 3.05) is 11.9 Å². The van der Waals surface area contributed by atoms with Crippen LogP contribution in [-0.2, 0) is 0 Å². The number of anilines is 1. The van der Waals surface area contributed by atoms with E-state index in [-0.39, 0.29) is 10.7 Å². The van der Waals surface area contributed by atoms with E-state index in [2.05, 4.69) is 10.3 Å². The highest BCUT2D eigenvalue weighted by Gasteiger charge is 2.13. The van der Waals surface area contributed by atoms with Crippen LogP contribution in [0, 0.1) is 15.9 Å². The Hall–Kier alpha value is -2.21. The maximum Gasteiger partial charge on any atom is 0.275 e. The number of nitrogens with zero attached hydrogens (tertiary/aromatic N) is 2. The van der Waals surface area contributed by atoms with Gasteiger partial charge in [0.25, 0.3) is 5.69 Å². The minimum atomic E-state index is -0.546. The van der Waals surface area contributed by atoms with E-state index in [1.54, 1.807) is 0 Å². The lowest BCUT2D eigenvalue weighted by Gasteiger charge is -2.07. The molecular weight excluding hydrogens is 297 g/mol. The van der Waals surface area contributed by atoms with Crippen molar-refractivity contribution in [1.82, 2.24) is 4.98 Å². The van der Waals surface area contributed by atoms with Gasteiger partial charge in [-0.3, -0.25) is 10.1 Å². The van der Waals surface area contributed by atoms with Crippen LogP contribution in [0.2, 0.25) is 5.02 Å². The standard InChI is InChI=1S/C14H13ClFN3O2/c1-2-5-17-14-8-10(19(20)21)7-13(18-14)9-3-4-12(16)11(15)6-9/h3-4,6-8H,2,5H2,1H3,(H,17,18). The fraction of sp³-hybridized carbons (Fsp3) is 0.214. The molecule has 0 fully saturated rings. The van der Waals surface area contributed by atoms with Crippen LogP contribution in [0.3, 0.4) is 0 Å². The lowest BCUT2D eigenvalue weighted by molar-refractivity contribution is -0.384. The molecule has 0 aliphatic carbocycles. The molecule has 0 unspecified atom stereocenters. The van der Waals surface area contributed by atoms with Crippen LogP contribution in [0.1, 0.15) is 13.3 Å². The van der Waals surface area contributed by atoms with Crippen molar-refractivity contribution in [1.29, 1.82) is 0 Å². The molecule has 0 aliphatic heterocycles. The molecule has 1 heterocycles. The first kappa shape index (κ1) is 15.2. The highest BCUT2D eigenvalue weighted by Crippen LogP contribution is 2.28. The first-order valence-electron chi connectivity index (χ1n) is 6.37. The van der Waals surface area contributed by atoms with Gasteiger partial charge in [-0.05, 0) is 24.6 Å². The third-order valence-corrected chi connectivity index (χ3v) is 3.08. The monoisotopic (exact) mass is 309 g/mol. The van der Waals surface area contributed by atoms with Gasteiger partial charge in [0.1, 0.15) is 11.6 Å². The zero-order valence-corrected chi connectivity index (χ0v) is 12.0. The average molecular weight is 310 g/mol. The first-order chi connectivity index (χ1) is 10.0. The predicted molar refractivity (Wildman–Crippen MR) is 80.1 cm³/mol. The fourth-order valence-corrected chi connectivity index (χ4v) is 1.95. The second-order valence-electron chi connectivity index (χ2n) is 4.41. The van der Waals surface area contributed by atoms with Gasteiger partial charge in [-0.25, -0.2) is 9.37 Å². The summed E-state index contributed by atoms with van der Waals surface area (Å²) in [6, 6.07) is 6.78. The number of pyridine rings is 1. The van der Waals surface area contributed by atoms with Crippen LogP contribution in [0.5, 0.6) is 0 Å². The normalized spacial score (nSPS) is 10.4. The van der Waals surface area contributed by atoms with Gasteiger partial charge in [0.2, 0.25) is 0 Å². The van der Waals surface area contributed by atoms with Crippen LogP contribution in [0.4, 0.5) is 15.9 Å². The van der Waals surface area contributed by atoms with E-state index < -0.39 is 10.7 Å². The van der Waals surface area contributed by atoms with Crippen molar-refractivity contribution < 1.29 is 9.31 Å². The summed E-state index contributed by atoms with van der Waals surface area (Å²) in [5, 5.41) is 13.9. The van der Waals surface area contributed by atoms with Gasteiger partial charge in [-0.1, -0.05) is 18.5 Å². The SMILES string of the molecule is CCCNc1cc([N+](=O)[O-])cc(-c2ccc(F)c(Cl)c2)n1. The maximum absolute atomic E-state index is 13.2. The Labute approximate surface area is 125 Å². The summed E-state index contributed by atoms with van der Waals surface area (Å²) in [4.78, 5) is 14.8. The van der Waals surface area contributed by atoms with E-state index in [9.17, 15) is 14.5 Å². The first-order valence-corrected chi connectivity index (χ1v) is 6.75. The van der Waals surface area contributed by atoms with Crippen molar-refractivity contribution in [2.24, 2.45) is 0 Å². The van der Waals surface area contributed by atoms with Crippen molar-refractivity contribution in [3.8, 4) is 11.3 Å². The average Bonchev–Trinajstić information content (AvgIpc) is 2.47. The van der Waals surface area contributed by atoms with E-state index in [1.807, 2.05) is 6.92 Å². The zero-order valence-electron chi connectivity index (χ0n) is 11.3. The van der Waals surface area contributed by atoms with Crippen molar-refractivity contribution in [2.45, 2.75) is 13.3 Å². The molecule has 0 aliphatic rings. The van der Waals surface area contributed by atoms with E-state index in [0.717, 1.165) is 6.42 Å².